The maximum Gasteiger partial charge on any atom is 0.243 e. The molecule has 1 aromatic heterocycles. The van der Waals surface area contributed by atoms with E-state index in [-0.39, 0.29) is 11.9 Å². The number of rotatable bonds is 5. The first kappa shape index (κ1) is 16.3. The molecular weight excluding hydrogens is 324 g/mol. The molecule has 0 saturated heterocycles. The first-order valence-corrected chi connectivity index (χ1v) is 8.83. The lowest BCUT2D eigenvalue weighted by atomic mass is 10.0. The number of aryl methyl sites for hydroxylation is 1. The monoisotopic (exact) mass is 344 g/mol. The fourth-order valence-electron chi connectivity index (χ4n) is 3.28. The average Bonchev–Trinajstić information content (AvgIpc) is 3.37. The molecule has 1 aliphatic rings. The molecule has 2 aromatic carbocycles. The molecule has 4 rings (SSSR count). The summed E-state index contributed by atoms with van der Waals surface area (Å²) in [4.78, 5) is 12.9. The number of amides is 1. The Bertz CT molecular complexity index is 886. The van der Waals surface area contributed by atoms with Gasteiger partial charge in [0.05, 0.1) is 12.3 Å². The quantitative estimate of drug-likeness (QED) is 0.679. The maximum absolute atomic E-state index is 12.9. The lowest BCUT2D eigenvalue weighted by Gasteiger charge is -2.22. The van der Waals surface area contributed by atoms with E-state index in [9.17, 15) is 4.79 Å². The predicted molar refractivity (Wildman–Crippen MR) is 101 cm³/mol. The second kappa shape index (κ2) is 7.40. The SMILES string of the molecule is O=C(CCc1ccccc1)N1N=C(c2ccco2)C[C@H]1c1ccccc1. The van der Waals surface area contributed by atoms with Crippen LogP contribution in [0.15, 0.2) is 88.6 Å². The molecule has 0 unspecified atom stereocenters. The fraction of sp³-hybridized carbons (Fsp3) is 0.182. The minimum Gasteiger partial charge on any atom is -0.463 e. The first-order valence-electron chi connectivity index (χ1n) is 8.83. The van der Waals surface area contributed by atoms with Crippen molar-refractivity contribution in [2.24, 2.45) is 5.10 Å². The van der Waals surface area contributed by atoms with Gasteiger partial charge in [0.1, 0.15) is 11.5 Å². The molecule has 0 radical (unpaired) electrons. The molecule has 0 spiro atoms. The van der Waals surface area contributed by atoms with Crippen LogP contribution in [0.4, 0.5) is 0 Å². The van der Waals surface area contributed by atoms with Gasteiger partial charge >= 0.3 is 0 Å². The van der Waals surface area contributed by atoms with Crippen LogP contribution in [0.25, 0.3) is 0 Å². The van der Waals surface area contributed by atoms with Gasteiger partial charge in [0.15, 0.2) is 0 Å². The van der Waals surface area contributed by atoms with Crippen LogP contribution in [0.2, 0.25) is 0 Å². The van der Waals surface area contributed by atoms with Gasteiger partial charge in [-0.25, -0.2) is 5.01 Å². The molecule has 0 saturated carbocycles. The number of nitrogens with zero attached hydrogens (tertiary/aromatic N) is 2. The van der Waals surface area contributed by atoms with Crippen LogP contribution in [0.5, 0.6) is 0 Å². The van der Waals surface area contributed by atoms with Crippen molar-refractivity contribution in [3.8, 4) is 0 Å². The van der Waals surface area contributed by atoms with E-state index in [1.54, 1.807) is 11.3 Å². The number of furan rings is 1. The molecule has 3 aromatic rings. The van der Waals surface area contributed by atoms with Crippen molar-refractivity contribution in [3.63, 3.8) is 0 Å². The van der Waals surface area contributed by atoms with Crippen LogP contribution in [-0.4, -0.2) is 16.6 Å². The van der Waals surface area contributed by atoms with Crippen LogP contribution in [0.1, 0.15) is 35.8 Å². The van der Waals surface area contributed by atoms with Gasteiger partial charge in [-0.1, -0.05) is 60.7 Å². The molecule has 0 N–H and O–H groups in total. The van der Waals surface area contributed by atoms with Crippen molar-refractivity contribution in [1.82, 2.24) is 5.01 Å². The Morgan fingerprint density at radius 1 is 1.00 bits per heavy atom. The molecule has 0 bridgehead atoms. The highest BCUT2D eigenvalue weighted by atomic mass is 16.3. The van der Waals surface area contributed by atoms with Gasteiger partial charge in [-0.3, -0.25) is 4.79 Å². The van der Waals surface area contributed by atoms with Crippen LogP contribution in [0.3, 0.4) is 0 Å². The highest BCUT2D eigenvalue weighted by Gasteiger charge is 2.33. The summed E-state index contributed by atoms with van der Waals surface area (Å²) in [7, 11) is 0. The van der Waals surface area contributed by atoms with E-state index in [1.807, 2.05) is 72.8 Å². The third-order valence-corrected chi connectivity index (χ3v) is 4.63. The molecule has 4 heteroatoms. The number of hydrogen-bond acceptors (Lipinski definition) is 3. The van der Waals surface area contributed by atoms with E-state index in [0.717, 1.165) is 22.6 Å². The molecule has 2 heterocycles. The van der Waals surface area contributed by atoms with Crippen LogP contribution in [-0.2, 0) is 11.2 Å². The third kappa shape index (κ3) is 3.45. The standard InChI is InChI=1S/C22H20N2O2/c25-22(14-13-17-8-3-1-4-9-17)24-20(18-10-5-2-6-11-18)16-19(23-24)21-12-7-15-26-21/h1-12,15,20H,13-14,16H2/t20-/m0/s1. The number of benzene rings is 2. The van der Waals surface area contributed by atoms with Crippen LogP contribution in [0, 0.1) is 0 Å². The van der Waals surface area contributed by atoms with Crippen molar-refractivity contribution in [1.29, 1.82) is 0 Å². The van der Waals surface area contributed by atoms with Crippen molar-refractivity contribution < 1.29 is 9.21 Å². The summed E-state index contributed by atoms with van der Waals surface area (Å²) in [6, 6.07) is 23.8. The molecule has 1 aliphatic heterocycles. The van der Waals surface area contributed by atoms with Gasteiger partial charge in [0.2, 0.25) is 5.91 Å². The van der Waals surface area contributed by atoms with Gasteiger partial charge in [-0.2, -0.15) is 5.10 Å². The minimum atomic E-state index is -0.0837. The number of hydrazone groups is 1. The van der Waals surface area contributed by atoms with Gasteiger partial charge in [-0.15, -0.1) is 0 Å². The largest absolute Gasteiger partial charge is 0.463 e. The first-order chi connectivity index (χ1) is 12.8. The lowest BCUT2D eigenvalue weighted by Crippen LogP contribution is -2.27. The Hall–Kier alpha value is -3.14. The number of carbonyl (C=O) groups is 1. The van der Waals surface area contributed by atoms with Crippen molar-refractivity contribution >= 4 is 11.6 Å². The van der Waals surface area contributed by atoms with Crippen molar-refractivity contribution in [2.45, 2.75) is 25.3 Å². The van der Waals surface area contributed by atoms with Gasteiger partial charge in [0, 0.05) is 12.8 Å². The number of hydrogen-bond donors (Lipinski definition) is 0. The average molecular weight is 344 g/mol. The Morgan fingerprint density at radius 3 is 2.42 bits per heavy atom. The van der Waals surface area contributed by atoms with E-state index < -0.39 is 0 Å². The second-order valence-electron chi connectivity index (χ2n) is 6.38. The van der Waals surface area contributed by atoms with Gasteiger partial charge in [-0.05, 0) is 29.7 Å². The van der Waals surface area contributed by atoms with Gasteiger partial charge in [0.25, 0.3) is 0 Å². The summed E-state index contributed by atoms with van der Waals surface area (Å²) in [5.74, 6) is 0.758. The molecule has 0 aliphatic carbocycles. The van der Waals surface area contributed by atoms with Gasteiger partial charge < -0.3 is 4.42 Å². The smallest absolute Gasteiger partial charge is 0.243 e. The van der Waals surface area contributed by atoms with Crippen LogP contribution < -0.4 is 0 Å². The molecule has 0 fully saturated rings. The molecular formula is C22H20N2O2. The molecule has 1 amide bonds. The Balaban J connectivity index is 1.55. The van der Waals surface area contributed by atoms with E-state index in [4.69, 9.17) is 4.42 Å². The summed E-state index contributed by atoms with van der Waals surface area (Å²) in [6.45, 7) is 0. The summed E-state index contributed by atoms with van der Waals surface area (Å²) in [5, 5.41) is 6.24. The highest BCUT2D eigenvalue weighted by molar-refractivity contribution is 6.01. The van der Waals surface area contributed by atoms with Crippen LogP contribution >= 0.6 is 0 Å². The summed E-state index contributed by atoms with van der Waals surface area (Å²) in [5.41, 5.74) is 3.06. The summed E-state index contributed by atoms with van der Waals surface area (Å²) < 4.78 is 5.49. The van der Waals surface area contributed by atoms with Crippen molar-refractivity contribution in [2.75, 3.05) is 0 Å². The molecule has 26 heavy (non-hydrogen) atoms. The van der Waals surface area contributed by atoms with E-state index >= 15 is 0 Å². The summed E-state index contributed by atoms with van der Waals surface area (Å²) >= 11 is 0. The summed E-state index contributed by atoms with van der Waals surface area (Å²) in [6.07, 6.45) is 3.44. The topological polar surface area (TPSA) is 45.8 Å². The predicted octanol–water partition coefficient (Wildman–Crippen LogP) is 4.59. The molecule has 1 atom stereocenters. The minimum absolute atomic E-state index is 0.0317. The third-order valence-electron chi connectivity index (χ3n) is 4.63. The Kier molecular flexibility index (Phi) is 4.65. The lowest BCUT2D eigenvalue weighted by molar-refractivity contribution is -0.133. The molecule has 130 valence electrons. The maximum atomic E-state index is 12.9. The number of carbonyl (C=O) groups excluding carboxylic acids is 1. The Labute approximate surface area is 152 Å². The highest BCUT2D eigenvalue weighted by Crippen LogP contribution is 2.33. The second-order valence-corrected chi connectivity index (χ2v) is 6.38. The molecule has 4 nitrogen and oxygen atoms in total. The fourth-order valence-corrected chi connectivity index (χ4v) is 3.28. The Morgan fingerprint density at radius 2 is 1.73 bits per heavy atom. The zero-order chi connectivity index (χ0) is 17.8. The van der Waals surface area contributed by atoms with E-state index in [1.165, 1.54) is 0 Å². The van der Waals surface area contributed by atoms with Crippen molar-refractivity contribution in [3.05, 3.63) is 95.9 Å². The van der Waals surface area contributed by atoms with E-state index in [0.29, 0.717) is 19.3 Å². The zero-order valence-corrected chi connectivity index (χ0v) is 14.4. The van der Waals surface area contributed by atoms with E-state index in [2.05, 4.69) is 5.10 Å². The normalized spacial score (nSPS) is 16.5. The zero-order valence-electron chi connectivity index (χ0n) is 14.4.